The van der Waals surface area contributed by atoms with Gasteiger partial charge in [-0.25, -0.2) is 0 Å². The van der Waals surface area contributed by atoms with E-state index in [1.165, 1.54) is 0 Å². The molecule has 2 N–H and O–H groups in total. The molecule has 2 amide bonds. The van der Waals surface area contributed by atoms with Crippen LogP contribution in [0.3, 0.4) is 0 Å². The van der Waals surface area contributed by atoms with Gasteiger partial charge in [-0.15, -0.1) is 0 Å². The van der Waals surface area contributed by atoms with Crippen molar-refractivity contribution >= 4 is 33.4 Å². The molecule has 2 rings (SSSR count). The Labute approximate surface area is 162 Å². The van der Waals surface area contributed by atoms with Gasteiger partial charge in [-0.1, -0.05) is 34.1 Å². The van der Waals surface area contributed by atoms with Gasteiger partial charge in [0.25, 0.3) is 0 Å². The highest BCUT2D eigenvalue weighted by Gasteiger charge is 2.08. The normalized spacial score (nSPS) is 10.3. The maximum absolute atomic E-state index is 12.0. The number of amides is 2. The molecule has 6 heteroatoms. The van der Waals surface area contributed by atoms with Crippen molar-refractivity contribution < 1.29 is 14.3 Å². The van der Waals surface area contributed by atoms with E-state index >= 15 is 0 Å². The van der Waals surface area contributed by atoms with Gasteiger partial charge < -0.3 is 15.4 Å². The molecule has 0 aliphatic heterocycles. The maximum atomic E-state index is 12.0. The summed E-state index contributed by atoms with van der Waals surface area (Å²) in [6.45, 7) is 4.77. The number of halogens is 1. The summed E-state index contributed by atoms with van der Waals surface area (Å²) in [5.74, 6) is 0.546. The van der Waals surface area contributed by atoms with Crippen LogP contribution in [0.5, 0.6) is 5.75 Å². The van der Waals surface area contributed by atoms with Crippen molar-refractivity contribution in [2.75, 3.05) is 18.5 Å². The van der Waals surface area contributed by atoms with E-state index in [4.69, 9.17) is 4.74 Å². The van der Waals surface area contributed by atoms with Crippen LogP contribution in [-0.4, -0.2) is 25.0 Å². The molecule has 138 valence electrons. The number of nitrogens with one attached hydrogen (secondary N) is 2. The van der Waals surface area contributed by atoms with Crippen molar-refractivity contribution in [2.24, 2.45) is 0 Å². The molecular formula is C20H23BrN2O3. The summed E-state index contributed by atoms with van der Waals surface area (Å²) in [7, 11) is 0. The molecule has 0 spiro atoms. The van der Waals surface area contributed by atoms with Crippen molar-refractivity contribution in [3.8, 4) is 5.75 Å². The number of hydrogen-bond acceptors (Lipinski definition) is 3. The Hall–Kier alpha value is -2.34. The van der Waals surface area contributed by atoms with Crippen molar-refractivity contribution in [3.05, 3.63) is 58.1 Å². The van der Waals surface area contributed by atoms with Gasteiger partial charge in [0.2, 0.25) is 11.8 Å². The molecule has 5 nitrogen and oxygen atoms in total. The predicted molar refractivity (Wildman–Crippen MR) is 106 cm³/mol. The molecule has 0 bridgehead atoms. The molecular weight excluding hydrogens is 396 g/mol. The highest BCUT2D eigenvalue weighted by atomic mass is 79.9. The van der Waals surface area contributed by atoms with Crippen LogP contribution < -0.4 is 15.4 Å². The van der Waals surface area contributed by atoms with Crippen molar-refractivity contribution in [1.29, 1.82) is 0 Å². The van der Waals surface area contributed by atoms with Gasteiger partial charge in [0.1, 0.15) is 5.75 Å². The number of benzene rings is 2. The average Bonchev–Trinajstić information content (AvgIpc) is 2.60. The minimum atomic E-state index is -0.132. The van der Waals surface area contributed by atoms with Gasteiger partial charge in [-0.05, 0) is 49.2 Å². The quantitative estimate of drug-likeness (QED) is 0.683. The molecule has 0 heterocycles. The summed E-state index contributed by atoms with van der Waals surface area (Å²) in [5.41, 5.74) is 2.66. The zero-order chi connectivity index (χ0) is 18.9. The van der Waals surface area contributed by atoms with Crippen molar-refractivity contribution in [3.63, 3.8) is 0 Å². The summed E-state index contributed by atoms with van der Waals surface area (Å²) >= 11 is 3.39. The van der Waals surface area contributed by atoms with E-state index in [9.17, 15) is 9.59 Å². The van der Waals surface area contributed by atoms with Crippen molar-refractivity contribution in [1.82, 2.24) is 5.32 Å². The van der Waals surface area contributed by atoms with Crippen LogP contribution in [0, 0.1) is 6.92 Å². The first-order valence-electron chi connectivity index (χ1n) is 8.52. The van der Waals surface area contributed by atoms with Crippen LogP contribution in [0.2, 0.25) is 0 Å². The van der Waals surface area contributed by atoms with Crippen LogP contribution >= 0.6 is 15.9 Å². The third kappa shape index (κ3) is 6.52. The topological polar surface area (TPSA) is 67.4 Å². The molecule has 0 atom stereocenters. The van der Waals surface area contributed by atoms with Crippen molar-refractivity contribution in [2.45, 2.75) is 26.7 Å². The second-order valence-corrected chi connectivity index (χ2v) is 6.78. The fraction of sp³-hybridized carbons (Fsp3) is 0.300. The molecule has 0 fully saturated rings. The Bertz CT molecular complexity index is 760. The Morgan fingerprint density at radius 2 is 1.81 bits per heavy atom. The lowest BCUT2D eigenvalue weighted by molar-refractivity contribution is -0.120. The van der Waals surface area contributed by atoms with E-state index in [2.05, 4.69) is 26.6 Å². The minimum absolute atomic E-state index is 0.111. The van der Waals surface area contributed by atoms with Crippen LogP contribution in [0.4, 0.5) is 5.69 Å². The van der Waals surface area contributed by atoms with E-state index in [-0.39, 0.29) is 24.7 Å². The highest BCUT2D eigenvalue weighted by Crippen LogP contribution is 2.20. The van der Waals surface area contributed by atoms with E-state index < -0.39 is 0 Å². The highest BCUT2D eigenvalue weighted by molar-refractivity contribution is 9.10. The summed E-state index contributed by atoms with van der Waals surface area (Å²) < 4.78 is 6.28. The molecule has 0 radical (unpaired) electrons. The standard InChI is InChI=1S/C20H23BrN2O3/c1-3-26-17-8-5-15(6-9-17)12-20(25)22-11-10-19(24)23-18-13-16(21)7-4-14(18)2/h4-9,13H,3,10-12H2,1-2H3,(H,22,25)(H,23,24). The number of rotatable bonds is 8. The molecule has 0 aliphatic rings. The second-order valence-electron chi connectivity index (χ2n) is 5.86. The lowest BCUT2D eigenvalue weighted by Gasteiger charge is -2.10. The third-order valence-corrected chi connectivity index (χ3v) is 4.24. The summed E-state index contributed by atoms with van der Waals surface area (Å²) in [6, 6.07) is 13.1. The molecule has 0 aromatic heterocycles. The Balaban J connectivity index is 1.73. The van der Waals surface area contributed by atoms with Gasteiger partial charge in [-0.3, -0.25) is 9.59 Å². The minimum Gasteiger partial charge on any atom is -0.494 e. The summed E-state index contributed by atoms with van der Waals surface area (Å²) in [6.07, 6.45) is 0.500. The fourth-order valence-electron chi connectivity index (χ4n) is 2.38. The number of aryl methyl sites for hydroxylation is 1. The lowest BCUT2D eigenvalue weighted by Crippen LogP contribution is -2.29. The van der Waals surface area contributed by atoms with Crippen LogP contribution in [0.15, 0.2) is 46.9 Å². The fourth-order valence-corrected chi connectivity index (χ4v) is 2.74. The van der Waals surface area contributed by atoms with Gasteiger partial charge in [0.05, 0.1) is 13.0 Å². The first-order valence-corrected chi connectivity index (χ1v) is 9.31. The summed E-state index contributed by atoms with van der Waals surface area (Å²) in [5, 5.41) is 5.63. The van der Waals surface area contributed by atoms with E-state index in [1.54, 1.807) is 0 Å². The van der Waals surface area contributed by atoms with Gasteiger partial charge in [-0.2, -0.15) is 0 Å². The zero-order valence-corrected chi connectivity index (χ0v) is 16.6. The van der Waals surface area contributed by atoms with Crippen LogP contribution in [0.1, 0.15) is 24.5 Å². The van der Waals surface area contributed by atoms with Gasteiger partial charge in [0, 0.05) is 23.1 Å². The molecule has 0 saturated carbocycles. The number of ether oxygens (including phenoxy) is 1. The largest absolute Gasteiger partial charge is 0.494 e. The molecule has 26 heavy (non-hydrogen) atoms. The van der Waals surface area contributed by atoms with E-state index in [0.29, 0.717) is 13.2 Å². The molecule has 0 aliphatic carbocycles. The van der Waals surface area contributed by atoms with E-state index in [1.807, 2.05) is 56.3 Å². The Morgan fingerprint density at radius 1 is 1.08 bits per heavy atom. The van der Waals surface area contributed by atoms with Crippen LogP contribution in [0.25, 0.3) is 0 Å². The second kappa shape index (κ2) is 9.97. The lowest BCUT2D eigenvalue weighted by atomic mass is 10.1. The smallest absolute Gasteiger partial charge is 0.226 e. The van der Waals surface area contributed by atoms with Gasteiger partial charge in [0.15, 0.2) is 0 Å². The Morgan fingerprint density at radius 3 is 2.50 bits per heavy atom. The number of hydrogen-bond donors (Lipinski definition) is 2. The third-order valence-electron chi connectivity index (χ3n) is 3.75. The van der Waals surface area contributed by atoms with E-state index in [0.717, 1.165) is 27.0 Å². The first-order chi connectivity index (χ1) is 12.5. The van der Waals surface area contributed by atoms with Gasteiger partial charge >= 0.3 is 0 Å². The summed E-state index contributed by atoms with van der Waals surface area (Å²) in [4.78, 5) is 24.0. The predicted octanol–water partition coefficient (Wildman–Crippen LogP) is 3.84. The molecule has 0 unspecified atom stereocenters. The molecule has 0 saturated heterocycles. The number of anilines is 1. The number of carbonyl (C=O) groups excluding carboxylic acids is 2. The monoisotopic (exact) mass is 418 g/mol. The maximum Gasteiger partial charge on any atom is 0.226 e. The number of carbonyl (C=O) groups is 2. The SMILES string of the molecule is CCOc1ccc(CC(=O)NCCC(=O)Nc2cc(Br)ccc2C)cc1. The zero-order valence-electron chi connectivity index (χ0n) is 15.0. The molecule has 2 aromatic rings. The van der Waals surface area contributed by atoms with Crippen LogP contribution in [-0.2, 0) is 16.0 Å². The first kappa shape index (κ1) is 20.0. The molecule has 2 aromatic carbocycles. The average molecular weight is 419 g/mol. The Kier molecular flexibility index (Phi) is 7.66.